The molecule has 28 heavy (non-hydrogen) atoms. The molecule has 1 N–H and O–H groups in total. The van der Waals surface area contributed by atoms with Gasteiger partial charge in [0.2, 0.25) is 6.33 Å². The molecule has 2 aromatic carbocycles. The van der Waals surface area contributed by atoms with Gasteiger partial charge < -0.3 is 9.47 Å². The smallest absolute Gasteiger partial charge is 0.311 e. The molecule has 8 heteroatoms. The van der Waals surface area contributed by atoms with E-state index in [4.69, 9.17) is 9.47 Å². The Hall–Kier alpha value is -2.74. The van der Waals surface area contributed by atoms with Crippen LogP contribution in [0.2, 0.25) is 0 Å². The van der Waals surface area contributed by atoms with Crippen LogP contribution in [0.3, 0.4) is 0 Å². The van der Waals surface area contributed by atoms with Crippen molar-refractivity contribution >= 4 is 27.4 Å². The van der Waals surface area contributed by atoms with Crippen LogP contribution in [-0.2, 0) is 4.74 Å². The van der Waals surface area contributed by atoms with Crippen LogP contribution in [0.15, 0.2) is 59.6 Å². The van der Waals surface area contributed by atoms with Crippen molar-refractivity contribution in [2.45, 2.75) is 13.3 Å². The van der Waals surface area contributed by atoms with Gasteiger partial charge >= 0.3 is 6.33 Å². The summed E-state index contributed by atoms with van der Waals surface area (Å²) in [7, 11) is 0. The van der Waals surface area contributed by atoms with Crippen molar-refractivity contribution in [2.75, 3.05) is 13.2 Å². The number of H-pyrrole nitrogens is 1. The van der Waals surface area contributed by atoms with E-state index in [-0.39, 0.29) is 5.56 Å². The lowest BCUT2D eigenvalue weighted by Crippen LogP contribution is -2.33. The van der Waals surface area contributed by atoms with E-state index in [9.17, 15) is 8.78 Å². The SMILES string of the molecule is C/C(=C(/OCCCOc1ccc(Br)cc1)c1ccc(F)cc1F)[n+]1cnc[nH]1. The Balaban J connectivity index is 1.68. The van der Waals surface area contributed by atoms with Crippen molar-refractivity contribution in [3.8, 4) is 5.75 Å². The number of nitrogens with zero attached hydrogens (tertiary/aromatic N) is 2. The van der Waals surface area contributed by atoms with Crippen LogP contribution < -0.4 is 9.42 Å². The second-order valence-electron chi connectivity index (χ2n) is 5.94. The number of ether oxygens (including phenoxy) is 2. The van der Waals surface area contributed by atoms with E-state index in [1.54, 1.807) is 11.6 Å². The van der Waals surface area contributed by atoms with Crippen LogP contribution in [0.1, 0.15) is 18.9 Å². The molecule has 0 amide bonds. The molecule has 0 bridgehead atoms. The number of aromatic amines is 1. The Morgan fingerprint density at radius 1 is 1.14 bits per heavy atom. The topological polar surface area (TPSA) is 51.0 Å². The number of halogens is 3. The van der Waals surface area contributed by atoms with E-state index in [0.717, 1.165) is 16.3 Å². The van der Waals surface area contributed by atoms with Gasteiger partial charge in [-0.2, -0.15) is 5.10 Å². The zero-order valence-electron chi connectivity index (χ0n) is 15.2. The second kappa shape index (κ2) is 9.45. The minimum absolute atomic E-state index is 0.176. The molecule has 0 aliphatic heterocycles. The Bertz CT molecular complexity index is 945. The first-order chi connectivity index (χ1) is 13.5. The van der Waals surface area contributed by atoms with Gasteiger partial charge in [-0.25, -0.2) is 8.78 Å². The fourth-order valence-corrected chi connectivity index (χ4v) is 2.79. The molecule has 3 aromatic rings. The highest BCUT2D eigenvalue weighted by molar-refractivity contribution is 9.10. The Labute approximate surface area is 169 Å². The minimum Gasteiger partial charge on any atom is -0.493 e. The minimum atomic E-state index is -0.694. The van der Waals surface area contributed by atoms with E-state index in [1.165, 1.54) is 24.8 Å². The predicted molar refractivity (Wildman–Crippen MR) is 104 cm³/mol. The van der Waals surface area contributed by atoms with Gasteiger partial charge in [-0.1, -0.05) is 15.9 Å². The summed E-state index contributed by atoms with van der Waals surface area (Å²) < 4.78 is 41.7. The number of aromatic nitrogens is 3. The summed E-state index contributed by atoms with van der Waals surface area (Å²) in [5, 5.41) is 2.89. The van der Waals surface area contributed by atoms with Gasteiger partial charge in [-0.15, -0.1) is 4.68 Å². The molecule has 146 valence electrons. The number of allylic oxidation sites excluding steroid dienone is 1. The first kappa shape index (κ1) is 20.0. The number of hydrogen-bond acceptors (Lipinski definition) is 3. The number of hydrogen-bond donors (Lipinski definition) is 1. The maximum Gasteiger partial charge on any atom is 0.311 e. The molecule has 0 radical (unpaired) electrons. The first-order valence-electron chi connectivity index (χ1n) is 8.62. The highest BCUT2D eigenvalue weighted by atomic mass is 79.9. The van der Waals surface area contributed by atoms with E-state index in [2.05, 4.69) is 26.0 Å². The fraction of sp³-hybridized carbons (Fsp3) is 0.200. The van der Waals surface area contributed by atoms with E-state index >= 15 is 0 Å². The van der Waals surface area contributed by atoms with Gasteiger partial charge in [0, 0.05) is 23.9 Å². The zero-order valence-corrected chi connectivity index (χ0v) is 16.7. The zero-order chi connectivity index (χ0) is 19.9. The highest BCUT2D eigenvalue weighted by Crippen LogP contribution is 2.24. The number of nitrogens with one attached hydrogen (secondary N) is 1. The van der Waals surface area contributed by atoms with Gasteiger partial charge in [0.05, 0.1) is 18.8 Å². The van der Waals surface area contributed by atoms with Crippen LogP contribution in [0.5, 0.6) is 5.75 Å². The highest BCUT2D eigenvalue weighted by Gasteiger charge is 2.18. The summed E-state index contributed by atoms with van der Waals surface area (Å²) in [6, 6.07) is 10.9. The molecular formula is C20H19BrF2N3O2+. The van der Waals surface area contributed by atoms with Crippen LogP contribution in [0.4, 0.5) is 8.78 Å². The van der Waals surface area contributed by atoms with Crippen LogP contribution in [-0.4, -0.2) is 23.3 Å². The van der Waals surface area contributed by atoms with Crippen molar-refractivity contribution < 1.29 is 22.9 Å². The van der Waals surface area contributed by atoms with Crippen LogP contribution in [0, 0.1) is 11.6 Å². The lowest BCUT2D eigenvalue weighted by atomic mass is 10.1. The average Bonchev–Trinajstić information content (AvgIpc) is 3.21. The van der Waals surface area contributed by atoms with Crippen LogP contribution >= 0.6 is 15.9 Å². The lowest BCUT2D eigenvalue weighted by molar-refractivity contribution is -0.643. The van der Waals surface area contributed by atoms with Crippen molar-refractivity contribution in [3.63, 3.8) is 0 Å². The molecule has 0 saturated carbocycles. The molecule has 0 fully saturated rings. The molecule has 1 aromatic heterocycles. The average molecular weight is 451 g/mol. The second-order valence-corrected chi connectivity index (χ2v) is 6.85. The quantitative estimate of drug-likeness (QED) is 0.310. The fourth-order valence-electron chi connectivity index (χ4n) is 2.53. The molecule has 0 atom stereocenters. The van der Waals surface area contributed by atoms with Crippen LogP contribution in [0.25, 0.3) is 11.5 Å². The predicted octanol–water partition coefficient (Wildman–Crippen LogP) is 4.57. The summed E-state index contributed by atoms with van der Waals surface area (Å²) in [5.74, 6) is -0.279. The Morgan fingerprint density at radius 2 is 1.93 bits per heavy atom. The molecule has 5 nitrogen and oxygen atoms in total. The van der Waals surface area contributed by atoms with Gasteiger partial charge in [-0.05, 0) is 41.4 Å². The number of benzene rings is 2. The van der Waals surface area contributed by atoms with Gasteiger partial charge in [-0.3, -0.25) is 0 Å². The van der Waals surface area contributed by atoms with Crippen molar-refractivity contribution in [1.82, 2.24) is 10.1 Å². The number of rotatable bonds is 8. The summed E-state index contributed by atoms with van der Waals surface area (Å²) in [6.45, 7) is 2.50. The van der Waals surface area contributed by atoms with Gasteiger partial charge in [0.1, 0.15) is 17.4 Å². The summed E-state index contributed by atoms with van der Waals surface area (Å²) in [4.78, 5) is 3.95. The lowest BCUT2D eigenvalue weighted by Gasteiger charge is -2.13. The maximum atomic E-state index is 14.3. The third kappa shape index (κ3) is 5.16. The molecule has 3 rings (SSSR count). The molecule has 0 aliphatic rings. The molecule has 0 spiro atoms. The van der Waals surface area contributed by atoms with E-state index in [0.29, 0.717) is 31.1 Å². The first-order valence-corrected chi connectivity index (χ1v) is 9.42. The molecule has 0 aliphatic carbocycles. The largest absolute Gasteiger partial charge is 0.493 e. The molecule has 1 heterocycles. The van der Waals surface area contributed by atoms with Crippen molar-refractivity contribution in [3.05, 3.63) is 76.8 Å². The summed E-state index contributed by atoms with van der Waals surface area (Å²) >= 11 is 3.37. The Kier molecular flexibility index (Phi) is 6.76. The Morgan fingerprint density at radius 3 is 2.61 bits per heavy atom. The molecule has 0 unspecified atom stereocenters. The normalized spacial score (nSPS) is 11.9. The standard InChI is InChI=1S/C20H18BrF2N3O2/c1-14(26-13-24-12-25-26)20(18-8-5-16(22)11-19(18)23)28-10-2-9-27-17-6-3-15(21)4-7-17/h3-8,11-13H,2,9-10H2,1H3/p+1/b20-14-. The summed E-state index contributed by atoms with van der Waals surface area (Å²) in [5.41, 5.74) is 0.770. The van der Waals surface area contributed by atoms with Gasteiger partial charge in [0.15, 0.2) is 11.5 Å². The van der Waals surface area contributed by atoms with E-state index < -0.39 is 11.6 Å². The third-order valence-electron chi connectivity index (χ3n) is 3.94. The maximum absolute atomic E-state index is 14.3. The van der Waals surface area contributed by atoms with Gasteiger partial charge in [0.25, 0.3) is 0 Å². The monoisotopic (exact) mass is 450 g/mol. The third-order valence-corrected chi connectivity index (χ3v) is 4.47. The molecular weight excluding hydrogens is 432 g/mol. The summed E-state index contributed by atoms with van der Waals surface area (Å²) in [6.07, 6.45) is 3.62. The van der Waals surface area contributed by atoms with E-state index in [1.807, 2.05) is 24.3 Å². The van der Waals surface area contributed by atoms with Crippen molar-refractivity contribution in [1.29, 1.82) is 0 Å². The molecule has 0 saturated heterocycles. The van der Waals surface area contributed by atoms with Crippen molar-refractivity contribution in [2.24, 2.45) is 0 Å².